The first-order chi connectivity index (χ1) is 8.17. The zero-order chi connectivity index (χ0) is 12.7. The lowest BCUT2D eigenvalue weighted by Crippen LogP contribution is -2.09. The minimum Gasteiger partial charge on any atom is -0.481 e. The van der Waals surface area contributed by atoms with Gasteiger partial charge in [-0.1, -0.05) is 24.3 Å². The average molecular weight is 238 g/mol. The minimum atomic E-state index is -0.782. The van der Waals surface area contributed by atoms with Crippen LogP contribution in [0.25, 0.3) is 0 Å². The summed E-state index contributed by atoms with van der Waals surface area (Å²) >= 11 is 0. The van der Waals surface area contributed by atoms with Crippen LogP contribution < -0.4 is 0 Å². The molecule has 0 bridgehead atoms. The zero-order valence-corrected chi connectivity index (χ0v) is 10.2. The number of aliphatic carboxylic acids is 1. The summed E-state index contributed by atoms with van der Waals surface area (Å²) in [4.78, 5) is 10.5. The number of methoxy groups -OCH3 is 2. The van der Waals surface area contributed by atoms with E-state index in [2.05, 4.69) is 0 Å². The molecule has 0 heterocycles. The van der Waals surface area contributed by atoms with Crippen molar-refractivity contribution in [2.75, 3.05) is 20.8 Å². The van der Waals surface area contributed by atoms with Gasteiger partial charge in [0.1, 0.15) is 6.10 Å². The summed E-state index contributed by atoms with van der Waals surface area (Å²) in [6.45, 7) is 0.485. The first kappa shape index (κ1) is 13.7. The number of ether oxygens (including phenoxy) is 2. The Balaban J connectivity index is 2.73. The summed E-state index contributed by atoms with van der Waals surface area (Å²) in [5.41, 5.74) is 2.01. The molecule has 17 heavy (non-hydrogen) atoms. The van der Waals surface area contributed by atoms with Gasteiger partial charge in [0.25, 0.3) is 0 Å². The van der Waals surface area contributed by atoms with Gasteiger partial charge in [0.2, 0.25) is 0 Å². The third-order valence-corrected chi connectivity index (χ3v) is 2.55. The van der Waals surface area contributed by atoms with Crippen LogP contribution in [0.5, 0.6) is 0 Å². The molecule has 0 spiro atoms. The lowest BCUT2D eigenvalue weighted by atomic mass is 10.0. The Morgan fingerprint density at radius 3 is 2.76 bits per heavy atom. The van der Waals surface area contributed by atoms with Crippen molar-refractivity contribution in [3.05, 3.63) is 35.4 Å². The van der Waals surface area contributed by atoms with E-state index in [9.17, 15) is 4.79 Å². The molecule has 94 valence electrons. The highest BCUT2D eigenvalue weighted by Gasteiger charge is 2.10. The van der Waals surface area contributed by atoms with Gasteiger partial charge in [-0.05, 0) is 17.5 Å². The fourth-order valence-electron chi connectivity index (χ4n) is 1.65. The number of aryl methyl sites for hydroxylation is 1. The second kappa shape index (κ2) is 7.04. The molecule has 0 aliphatic rings. The third kappa shape index (κ3) is 4.54. The van der Waals surface area contributed by atoms with Crippen LogP contribution in [0.2, 0.25) is 0 Å². The SMILES string of the molecule is COCC(OC)c1cccc(CCC(=O)O)c1. The molecule has 0 radical (unpaired) electrons. The number of carboxylic acids is 1. The fourth-order valence-corrected chi connectivity index (χ4v) is 1.65. The molecule has 0 amide bonds. The van der Waals surface area contributed by atoms with E-state index in [1.54, 1.807) is 14.2 Å². The van der Waals surface area contributed by atoms with Gasteiger partial charge in [0, 0.05) is 20.6 Å². The van der Waals surface area contributed by atoms with E-state index in [-0.39, 0.29) is 12.5 Å². The molecule has 1 rings (SSSR count). The summed E-state index contributed by atoms with van der Waals surface area (Å²) < 4.78 is 10.4. The molecule has 0 aliphatic carbocycles. The van der Waals surface area contributed by atoms with Gasteiger partial charge in [-0.3, -0.25) is 4.79 Å². The van der Waals surface area contributed by atoms with E-state index in [4.69, 9.17) is 14.6 Å². The van der Waals surface area contributed by atoms with Gasteiger partial charge in [0.05, 0.1) is 6.61 Å². The quantitative estimate of drug-likeness (QED) is 0.789. The number of carbonyl (C=O) groups is 1. The Hall–Kier alpha value is -1.39. The van der Waals surface area contributed by atoms with Crippen LogP contribution in [-0.4, -0.2) is 31.9 Å². The van der Waals surface area contributed by atoms with Crippen LogP contribution in [0.4, 0.5) is 0 Å². The van der Waals surface area contributed by atoms with Crippen molar-refractivity contribution in [1.29, 1.82) is 0 Å². The molecule has 0 fully saturated rings. The normalized spacial score (nSPS) is 12.4. The molecule has 0 aliphatic heterocycles. The van der Waals surface area contributed by atoms with Crippen LogP contribution in [0, 0.1) is 0 Å². The third-order valence-electron chi connectivity index (χ3n) is 2.55. The predicted octanol–water partition coefficient (Wildman–Crippen LogP) is 2.04. The Morgan fingerprint density at radius 2 is 2.18 bits per heavy atom. The molecule has 4 heteroatoms. The topological polar surface area (TPSA) is 55.8 Å². The molecular weight excluding hydrogens is 220 g/mol. The highest BCUT2D eigenvalue weighted by atomic mass is 16.5. The zero-order valence-electron chi connectivity index (χ0n) is 10.2. The highest BCUT2D eigenvalue weighted by Crippen LogP contribution is 2.18. The van der Waals surface area contributed by atoms with Gasteiger partial charge in [-0.2, -0.15) is 0 Å². The maximum atomic E-state index is 10.5. The fraction of sp³-hybridized carbons (Fsp3) is 0.462. The second-order valence-corrected chi connectivity index (χ2v) is 3.82. The number of rotatable bonds is 7. The molecule has 1 aromatic carbocycles. The van der Waals surface area contributed by atoms with E-state index in [0.29, 0.717) is 13.0 Å². The first-order valence-electron chi connectivity index (χ1n) is 5.49. The van der Waals surface area contributed by atoms with Crippen molar-refractivity contribution in [3.63, 3.8) is 0 Å². The summed E-state index contributed by atoms with van der Waals surface area (Å²) in [6, 6.07) is 7.76. The highest BCUT2D eigenvalue weighted by molar-refractivity contribution is 5.67. The van der Waals surface area contributed by atoms with Crippen molar-refractivity contribution in [2.45, 2.75) is 18.9 Å². The smallest absolute Gasteiger partial charge is 0.303 e. The number of hydrogen-bond acceptors (Lipinski definition) is 3. The van der Waals surface area contributed by atoms with Crippen molar-refractivity contribution >= 4 is 5.97 Å². The van der Waals surface area contributed by atoms with Gasteiger partial charge in [0.15, 0.2) is 0 Å². The van der Waals surface area contributed by atoms with Crippen molar-refractivity contribution in [1.82, 2.24) is 0 Å². The van der Waals surface area contributed by atoms with Crippen LogP contribution in [0.15, 0.2) is 24.3 Å². The number of hydrogen-bond donors (Lipinski definition) is 1. The van der Waals surface area contributed by atoms with Crippen LogP contribution >= 0.6 is 0 Å². The number of benzene rings is 1. The molecule has 1 unspecified atom stereocenters. The maximum absolute atomic E-state index is 10.5. The van der Waals surface area contributed by atoms with Crippen LogP contribution in [-0.2, 0) is 20.7 Å². The summed E-state index contributed by atoms with van der Waals surface area (Å²) in [6.07, 6.45) is 0.572. The van der Waals surface area contributed by atoms with Gasteiger partial charge < -0.3 is 14.6 Å². The maximum Gasteiger partial charge on any atom is 0.303 e. The number of carboxylic acid groups (broad SMARTS) is 1. The Morgan fingerprint density at radius 1 is 1.41 bits per heavy atom. The van der Waals surface area contributed by atoms with Gasteiger partial charge in [-0.15, -0.1) is 0 Å². The Bertz CT molecular complexity index is 362. The minimum absolute atomic E-state index is 0.107. The summed E-state index contributed by atoms with van der Waals surface area (Å²) in [7, 11) is 3.26. The lowest BCUT2D eigenvalue weighted by Gasteiger charge is -2.15. The lowest BCUT2D eigenvalue weighted by molar-refractivity contribution is -0.136. The van der Waals surface area contributed by atoms with Crippen molar-refractivity contribution in [2.24, 2.45) is 0 Å². The second-order valence-electron chi connectivity index (χ2n) is 3.82. The van der Waals surface area contributed by atoms with Crippen molar-refractivity contribution < 1.29 is 19.4 Å². The average Bonchev–Trinajstić information content (AvgIpc) is 2.34. The Kier molecular flexibility index (Phi) is 5.66. The molecule has 4 nitrogen and oxygen atoms in total. The summed E-state index contributed by atoms with van der Waals surface area (Å²) in [5, 5.41) is 8.64. The molecule has 0 aromatic heterocycles. The van der Waals surface area contributed by atoms with Crippen molar-refractivity contribution in [3.8, 4) is 0 Å². The predicted molar refractivity (Wildman–Crippen MR) is 64.0 cm³/mol. The van der Waals surface area contributed by atoms with Gasteiger partial charge >= 0.3 is 5.97 Å². The van der Waals surface area contributed by atoms with E-state index in [1.165, 1.54) is 0 Å². The van der Waals surface area contributed by atoms with Crippen LogP contribution in [0.1, 0.15) is 23.7 Å². The Labute approximate surface area is 101 Å². The van der Waals surface area contributed by atoms with E-state index in [1.807, 2.05) is 24.3 Å². The summed E-state index contributed by atoms with van der Waals surface area (Å²) in [5.74, 6) is -0.782. The molecule has 1 atom stereocenters. The van der Waals surface area contributed by atoms with Crippen LogP contribution in [0.3, 0.4) is 0 Å². The molecular formula is C13H18O4. The van der Waals surface area contributed by atoms with Gasteiger partial charge in [-0.25, -0.2) is 0 Å². The monoisotopic (exact) mass is 238 g/mol. The largest absolute Gasteiger partial charge is 0.481 e. The van der Waals surface area contributed by atoms with E-state index >= 15 is 0 Å². The standard InChI is InChI=1S/C13H18O4/c1-16-9-12(17-2)11-5-3-4-10(8-11)6-7-13(14)15/h3-5,8,12H,6-7,9H2,1-2H3,(H,14,15). The molecule has 1 N–H and O–H groups in total. The molecule has 1 aromatic rings. The molecule has 0 saturated heterocycles. The van der Waals surface area contributed by atoms with E-state index in [0.717, 1.165) is 11.1 Å². The van der Waals surface area contributed by atoms with E-state index < -0.39 is 5.97 Å². The first-order valence-corrected chi connectivity index (χ1v) is 5.49. The molecule has 0 saturated carbocycles.